The summed E-state index contributed by atoms with van der Waals surface area (Å²) in [6, 6.07) is 4.79. The van der Waals surface area contributed by atoms with Crippen LogP contribution in [0.5, 0.6) is 5.75 Å². The van der Waals surface area contributed by atoms with Crippen molar-refractivity contribution in [2.24, 2.45) is 5.73 Å². The zero-order valence-electron chi connectivity index (χ0n) is 11.0. The predicted molar refractivity (Wildman–Crippen MR) is 70.5 cm³/mol. The largest absolute Gasteiger partial charge is 0.495 e. The zero-order valence-corrected chi connectivity index (χ0v) is 11.8. The Bertz CT molecular complexity index is 614. The van der Waals surface area contributed by atoms with E-state index in [0.29, 0.717) is 4.31 Å². The lowest BCUT2D eigenvalue weighted by Gasteiger charge is -2.21. The lowest BCUT2D eigenvalue weighted by Crippen LogP contribution is -2.46. The van der Waals surface area contributed by atoms with E-state index in [-0.39, 0.29) is 10.6 Å². The number of nitrogens with one attached hydrogen (secondary N) is 1. The molecule has 3 N–H and O–H groups in total. The second-order valence-electron chi connectivity index (χ2n) is 3.68. The molecule has 0 radical (unpaired) electrons. The maximum absolute atomic E-state index is 12.4. The number of amides is 3. The van der Waals surface area contributed by atoms with Crippen LogP contribution in [0.1, 0.15) is 0 Å². The first-order valence-corrected chi connectivity index (χ1v) is 6.94. The van der Waals surface area contributed by atoms with Gasteiger partial charge in [0.05, 0.1) is 7.11 Å². The normalized spacial score (nSPS) is 10.7. The molecule has 9 heteroatoms. The Balaban J connectivity index is 3.36. The quantitative estimate of drug-likeness (QED) is 0.760. The molecule has 0 aliphatic heterocycles. The van der Waals surface area contributed by atoms with Crippen molar-refractivity contribution >= 4 is 22.0 Å². The van der Waals surface area contributed by atoms with Crippen molar-refractivity contribution in [2.45, 2.75) is 4.90 Å². The molecular weight excluding hydrogens is 286 g/mol. The Labute approximate surface area is 116 Å². The Hall–Kier alpha value is -2.29. The van der Waals surface area contributed by atoms with Gasteiger partial charge in [-0.15, -0.1) is 0 Å². The van der Waals surface area contributed by atoms with E-state index in [9.17, 15) is 18.0 Å². The number of urea groups is 1. The van der Waals surface area contributed by atoms with E-state index in [1.807, 2.05) is 0 Å². The van der Waals surface area contributed by atoms with Crippen LogP contribution in [-0.2, 0) is 14.8 Å². The Morgan fingerprint density at radius 3 is 2.45 bits per heavy atom. The van der Waals surface area contributed by atoms with Crippen molar-refractivity contribution in [3.63, 3.8) is 0 Å². The summed E-state index contributed by atoms with van der Waals surface area (Å²) in [7, 11) is -1.71. The molecule has 20 heavy (non-hydrogen) atoms. The molecule has 1 rings (SSSR count). The molecule has 0 saturated carbocycles. The second kappa shape index (κ2) is 6.24. The fourth-order valence-corrected chi connectivity index (χ4v) is 2.98. The number of hydrogen-bond acceptors (Lipinski definition) is 5. The smallest absolute Gasteiger partial charge is 0.331 e. The molecule has 110 valence electrons. The van der Waals surface area contributed by atoms with Gasteiger partial charge in [0, 0.05) is 7.05 Å². The third-order valence-electron chi connectivity index (χ3n) is 2.38. The molecule has 0 unspecified atom stereocenters. The summed E-state index contributed by atoms with van der Waals surface area (Å²) in [5.41, 5.74) is 4.97. The first-order chi connectivity index (χ1) is 9.34. The Morgan fingerprint density at radius 1 is 1.35 bits per heavy atom. The van der Waals surface area contributed by atoms with Gasteiger partial charge in [0.25, 0.3) is 10.0 Å². The van der Waals surface area contributed by atoms with Crippen LogP contribution in [0.4, 0.5) is 4.79 Å². The molecule has 0 spiro atoms. The number of methoxy groups -OCH3 is 1. The number of sulfonamides is 1. The van der Waals surface area contributed by atoms with Crippen molar-refractivity contribution in [1.82, 2.24) is 9.62 Å². The molecular formula is C11H15N3O5S. The number of carbonyl (C=O) groups is 2. The highest BCUT2D eigenvalue weighted by atomic mass is 32.2. The summed E-state index contributed by atoms with van der Waals surface area (Å²) in [5, 5.41) is 2.14. The standard InChI is InChI=1S/C11H15N3O5S/c1-13-11(16)14(7-10(12)15)20(17,18)9-6-4-3-5-8(9)19-2/h3-6H,7H2,1-2H3,(H2,12,15)(H,13,16). The van der Waals surface area contributed by atoms with Crippen molar-refractivity contribution in [3.05, 3.63) is 24.3 Å². The van der Waals surface area contributed by atoms with E-state index in [1.54, 1.807) is 6.07 Å². The van der Waals surface area contributed by atoms with Gasteiger partial charge < -0.3 is 15.8 Å². The number of benzene rings is 1. The topological polar surface area (TPSA) is 119 Å². The number of nitrogens with two attached hydrogens (primary N) is 1. The monoisotopic (exact) mass is 301 g/mol. The highest BCUT2D eigenvalue weighted by Crippen LogP contribution is 2.26. The molecule has 0 saturated heterocycles. The molecule has 0 aliphatic carbocycles. The number of rotatable bonds is 5. The van der Waals surface area contributed by atoms with Gasteiger partial charge in [-0.05, 0) is 12.1 Å². The first kappa shape index (κ1) is 15.8. The maximum atomic E-state index is 12.4. The van der Waals surface area contributed by atoms with Crippen LogP contribution >= 0.6 is 0 Å². The maximum Gasteiger partial charge on any atom is 0.331 e. The highest BCUT2D eigenvalue weighted by molar-refractivity contribution is 7.89. The van der Waals surface area contributed by atoms with Crippen molar-refractivity contribution < 1.29 is 22.7 Å². The minimum atomic E-state index is -4.25. The van der Waals surface area contributed by atoms with Gasteiger partial charge >= 0.3 is 6.03 Å². The Kier molecular flexibility index (Phi) is 4.92. The van der Waals surface area contributed by atoms with Gasteiger partial charge in [-0.2, -0.15) is 0 Å². The van der Waals surface area contributed by atoms with Crippen LogP contribution in [0.2, 0.25) is 0 Å². The SMILES string of the molecule is CNC(=O)N(CC(N)=O)S(=O)(=O)c1ccccc1OC. The summed E-state index contributed by atoms with van der Waals surface area (Å²) in [4.78, 5) is 22.4. The van der Waals surface area contributed by atoms with Gasteiger partial charge in [-0.3, -0.25) is 4.79 Å². The van der Waals surface area contributed by atoms with E-state index in [4.69, 9.17) is 10.5 Å². The van der Waals surface area contributed by atoms with Crippen molar-refractivity contribution in [2.75, 3.05) is 20.7 Å². The van der Waals surface area contributed by atoms with E-state index >= 15 is 0 Å². The molecule has 0 aliphatic rings. The average Bonchev–Trinajstić information content (AvgIpc) is 2.43. The van der Waals surface area contributed by atoms with E-state index in [2.05, 4.69) is 5.32 Å². The minimum absolute atomic E-state index is 0.0610. The van der Waals surface area contributed by atoms with Crippen LogP contribution in [-0.4, -0.2) is 45.4 Å². The molecule has 1 aromatic carbocycles. The van der Waals surface area contributed by atoms with Gasteiger partial charge in [0.2, 0.25) is 5.91 Å². The summed E-state index contributed by atoms with van der Waals surface area (Å²) in [6.07, 6.45) is 0. The van der Waals surface area contributed by atoms with E-state index < -0.39 is 28.5 Å². The average molecular weight is 301 g/mol. The van der Waals surface area contributed by atoms with Crippen LogP contribution in [0.25, 0.3) is 0 Å². The van der Waals surface area contributed by atoms with Crippen LogP contribution in [0.15, 0.2) is 29.2 Å². The predicted octanol–water partition coefficient (Wildman–Crippen LogP) is -0.489. The summed E-state index contributed by atoms with van der Waals surface area (Å²) in [6.45, 7) is -0.764. The first-order valence-electron chi connectivity index (χ1n) is 5.50. The number of nitrogens with zero attached hydrogens (tertiary/aromatic N) is 1. The number of primary amides is 1. The second-order valence-corrected chi connectivity index (χ2v) is 5.51. The minimum Gasteiger partial charge on any atom is -0.495 e. The summed E-state index contributed by atoms with van der Waals surface area (Å²) in [5.74, 6) is -0.891. The van der Waals surface area contributed by atoms with Crippen LogP contribution in [0.3, 0.4) is 0 Å². The molecule has 1 aromatic rings. The van der Waals surface area contributed by atoms with Gasteiger partial charge in [0.15, 0.2) is 0 Å². The third-order valence-corrected chi connectivity index (χ3v) is 4.15. The van der Waals surface area contributed by atoms with Gasteiger partial charge in [0.1, 0.15) is 17.2 Å². The molecule has 3 amide bonds. The lowest BCUT2D eigenvalue weighted by atomic mass is 10.3. The summed E-state index contributed by atoms with van der Waals surface area (Å²) >= 11 is 0. The van der Waals surface area contributed by atoms with Gasteiger partial charge in [-0.1, -0.05) is 12.1 Å². The Morgan fingerprint density at radius 2 is 1.95 bits per heavy atom. The van der Waals surface area contributed by atoms with Crippen LogP contribution < -0.4 is 15.8 Å². The van der Waals surface area contributed by atoms with Gasteiger partial charge in [-0.25, -0.2) is 17.5 Å². The lowest BCUT2D eigenvalue weighted by molar-refractivity contribution is -0.117. The van der Waals surface area contributed by atoms with Crippen LogP contribution in [0, 0.1) is 0 Å². The summed E-state index contributed by atoms with van der Waals surface area (Å²) < 4.78 is 30.2. The molecule has 0 atom stereocenters. The number of hydrogen-bond donors (Lipinski definition) is 2. The number of ether oxygens (including phenoxy) is 1. The van der Waals surface area contributed by atoms with Crippen molar-refractivity contribution in [1.29, 1.82) is 0 Å². The van der Waals surface area contributed by atoms with E-state index in [1.165, 1.54) is 32.4 Å². The molecule has 0 fully saturated rings. The zero-order chi connectivity index (χ0) is 15.3. The fraction of sp³-hybridized carbons (Fsp3) is 0.273. The number of para-hydroxylation sites is 1. The van der Waals surface area contributed by atoms with Crippen molar-refractivity contribution in [3.8, 4) is 5.75 Å². The fourth-order valence-electron chi connectivity index (χ4n) is 1.48. The van der Waals surface area contributed by atoms with E-state index in [0.717, 1.165) is 0 Å². The highest BCUT2D eigenvalue weighted by Gasteiger charge is 2.32. The number of carbonyl (C=O) groups excluding carboxylic acids is 2. The molecule has 0 aromatic heterocycles. The third kappa shape index (κ3) is 3.18. The molecule has 0 heterocycles. The molecule has 0 bridgehead atoms. The molecule has 8 nitrogen and oxygen atoms in total.